The van der Waals surface area contributed by atoms with E-state index < -0.39 is 14.8 Å². The summed E-state index contributed by atoms with van der Waals surface area (Å²) in [4.78, 5) is 22.9. The molecule has 1 aliphatic rings. The summed E-state index contributed by atoms with van der Waals surface area (Å²) in [5.74, 6) is 7.08. The summed E-state index contributed by atoms with van der Waals surface area (Å²) < 4.78 is 11.5. The van der Waals surface area contributed by atoms with Gasteiger partial charge in [0.05, 0.1) is 18.9 Å². The minimum atomic E-state index is -1.97. The van der Waals surface area contributed by atoms with Crippen LogP contribution in [0.5, 0.6) is 5.88 Å². The first kappa shape index (κ1) is 24.3. The van der Waals surface area contributed by atoms with Crippen LogP contribution in [0.2, 0.25) is 0 Å². The lowest BCUT2D eigenvalue weighted by Gasteiger charge is -2.52. The van der Waals surface area contributed by atoms with Gasteiger partial charge in [-0.1, -0.05) is 26.0 Å². The molecule has 1 saturated heterocycles. The highest BCUT2D eigenvalue weighted by molar-refractivity contribution is 8.52. The van der Waals surface area contributed by atoms with Crippen molar-refractivity contribution >= 4 is 15.3 Å². The molecule has 7 heteroatoms. The standard InChI is InChI=1S/C23H39N3O3S/c1-9-30(8,10-2,11-3)13-12-19-15-25-21(16-24-19)28-20-14-18(4)26(17-20)22(27)29-23(5,6)7/h15-16,18,20,30H,9-11,14,17H2,1-8H3. The Morgan fingerprint density at radius 3 is 2.33 bits per heavy atom. The van der Waals surface area contributed by atoms with Gasteiger partial charge in [-0.3, -0.25) is 0 Å². The average Bonchev–Trinajstić information content (AvgIpc) is 3.06. The van der Waals surface area contributed by atoms with Gasteiger partial charge in [0.25, 0.3) is 0 Å². The molecule has 6 nitrogen and oxygen atoms in total. The van der Waals surface area contributed by atoms with E-state index in [0.29, 0.717) is 18.1 Å². The third-order valence-electron chi connectivity index (χ3n) is 6.38. The summed E-state index contributed by atoms with van der Waals surface area (Å²) in [6.45, 7) is 14.8. The quantitative estimate of drug-likeness (QED) is 0.549. The molecule has 1 aromatic heterocycles. The number of hydrogen-bond acceptors (Lipinski definition) is 5. The van der Waals surface area contributed by atoms with E-state index in [0.717, 1.165) is 23.7 Å². The molecule has 2 heterocycles. The Morgan fingerprint density at radius 1 is 1.20 bits per heavy atom. The highest BCUT2D eigenvalue weighted by atomic mass is 32.3. The molecular weight excluding hydrogens is 398 g/mol. The van der Waals surface area contributed by atoms with Crippen LogP contribution in [0, 0.1) is 11.2 Å². The molecule has 0 radical (unpaired) electrons. The molecule has 0 aliphatic carbocycles. The SMILES string of the molecule is CC[SH](C)(C#Cc1cnc(OC2CC(C)N(C(=O)OC(C)(C)C)C2)cn1)(CC)CC. The van der Waals surface area contributed by atoms with Crippen molar-refractivity contribution in [2.24, 2.45) is 0 Å². The molecule has 1 aliphatic heterocycles. The van der Waals surface area contributed by atoms with Crippen LogP contribution in [-0.2, 0) is 4.74 Å². The monoisotopic (exact) mass is 437 g/mol. The van der Waals surface area contributed by atoms with Crippen LogP contribution in [-0.4, -0.2) is 68.8 Å². The Kier molecular flexibility index (Phi) is 7.34. The molecule has 0 spiro atoms. The van der Waals surface area contributed by atoms with Gasteiger partial charge in [0.1, 0.15) is 17.4 Å². The van der Waals surface area contributed by atoms with E-state index in [2.05, 4.69) is 48.2 Å². The number of thiol groups is 1. The molecular formula is C23H39N3O3S. The molecule has 0 bridgehead atoms. The molecule has 170 valence electrons. The zero-order valence-electron chi connectivity index (χ0n) is 19.9. The third-order valence-corrected chi connectivity index (χ3v) is 12.7. The van der Waals surface area contributed by atoms with Crippen LogP contribution in [0.1, 0.15) is 60.6 Å². The highest BCUT2D eigenvalue weighted by Crippen LogP contribution is 2.64. The Labute approximate surface area is 182 Å². The van der Waals surface area contributed by atoms with Crippen LogP contribution >= 0.6 is 9.16 Å². The van der Waals surface area contributed by atoms with Gasteiger partial charge in [-0.05, 0) is 57.1 Å². The normalized spacial score (nSPS) is 20.7. The lowest BCUT2D eigenvalue weighted by molar-refractivity contribution is 0.0223. The minimum Gasteiger partial charge on any atom is -0.471 e. The molecule has 0 N–H and O–H groups in total. The fourth-order valence-electron chi connectivity index (χ4n) is 3.39. The van der Waals surface area contributed by atoms with Crippen molar-refractivity contribution in [1.82, 2.24) is 14.9 Å². The van der Waals surface area contributed by atoms with Gasteiger partial charge in [0.2, 0.25) is 5.88 Å². The minimum absolute atomic E-state index is 0.0543. The van der Waals surface area contributed by atoms with Crippen LogP contribution in [0.15, 0.2) is 12.4 Å². The molecule has 2 rings (SSSR count). The van der Waals surface area contributed by atoms with Gasteiger partial charge in [0, 0.05) is 12.5 Å². The summed E-state index contributed by atoms with van der Waals surface area (Å²) in [5, 5.41) is 3.59. The zero-order valence-corrected chi connectivity index (χ0v) is 20.8. The Balaban J connectivity index is 2.02. The lowest BCUT2D eigenvalue weighted by Crippen LogP contribution is -2.39. The summed E-state index contributed by atoms with van der Waals surface area (Å²) in [6.07, 6.45) is 5.96. The van der Waals surface area contributed by atoms with Gasteiger partial charge in [-0.25, -0.2) is 23.9 Å². The second kappa shape index (κ2) is 9.05. The van der Waals surface area contributed by atoms with Crippen LogP contribution in [0.4, 0.5) is 4.79 Å². The Morgan fingerprint density at radius 2 is 1.83 bits per heavy atom. The maximum atomic E-state index is 12.4. The molecule has 1 aromatic rings. The summed E-state index contributed by atoms with van der Waals surface area (Å²) in [5.41, 5.74) is 0.159. The number of hydrogen-bond donors (Lipinski definition) is 1. The molecule has 0 aromatic carbocycles. The molecule has 2 atom stereocenters. The predicted octanol–water partition coefficient (Wildman–Crippen LogP) is 4.32. The molecule has 2 unspecified atom stereocenters. The van der Waals surface area contributed by atoms with E-state index in [1.165, 1.54) is 0 Å². The number of aromatic nitrogens is 2. The first-order valence-electron chi connectivity index (χ1n) is 10.9. The van der Waals surface area contributed by atoms with E-state index in [1.807, 2.05) is 27.7 Å². The van der Waals surface area contributed by atoms with E-state index >= 15 is 0 Å². The second-order valence-electron chi connectivity index (χ2n) is 9.70. The summed E-state index contributed by atoms with van der Waals surface area (Å²) in [6, 6.07) is 0.0543. The van der Waals surface area contributed by atoms with Crippen molar-refractivity contribution in [3.63, 3.8) is 0 Å². The van der Waals surface area contributed by atoms with Crippen molar-refractivity contribution in [3.05, 3.63) is 18.1 Å². The largest absolute Gasteiger partial charge is 0.471 e. The van der Waals surface area contributed by atoms with E-state index in [1.54, 1.807) is 17.3 Å². The van der Waals surface area contributed by atoms with Crippen molar-refractivity contribution < 1.29 is 14.3 Å². The molecule has 1 amide bonds. The van der Waals surface area contributed by atoms with Gasteiger partial charge < -0.3 is 14.4 Å². The number of amides is 1. The summed E-state index contributed by atoms with van der Waals surface area (Å²) in [7, 11) is -1.97. The van der Waals surface area contributed by atoms with Crippen molar-refractivity contribution in [3.8, 4) is 17.1 Å². The fourth-order valence-corrected chi connectivity index (χ4v) is 5.67. The zero-order chi connectivity index (χ0) is 22.6. The molecule has 0 saturated carbocycles. The van der Waals surface area contributed by atoms with Gasteiger partial charge >= 0.3 is 6.09 Å². The second-order valence-corrected chi connectivity index (χ2v) is 16.5. The van der Waals surface area contributed by atoms with Crippen LogP contribution < -0.4 is 4.74 Å². The van der Waals surface area contributed by atoms with E-state index in [-0.39, 0.29) is 18.2 Å². The van der Waals surface area contributed by atoms with Crippen molar-refractivity contribution in [2.45, 2.75) is 72.6 Å². The maximum Gasteiger partial charge on any atom is 0.410 e. The number of nitrogens with zero attached hydrogens (tertiary/aromatic N) is 3. The van der Waals surface area contributed by atoms with Crippen LogP contribution in [0.3, 0.4) is 0 Å². The molecule has 30 heavy (non-hydrogen) atoms. The maximum absolute atomic E-state index is 12.4. The Hall–Kier alpha value is -1.94. The van der Waals surface area contributed by atoms with Gasteiger partial charge in [-0.2, -0.15) is 0 Å². The van der Waals surface area contributed by atoms with Crippen molar-refractivity contribution in [1.29, 1.82) is 0 Å². The highest BCUT2D eigenvalue weighted by Gasteiger charge is 2.36. The van der Waals surface area contributed by atoms with E-state index in [4.69, 9.17) is 9.47 Å². The number of carbonyl (C=O) groups is 1. The van der Waals surface area contributed by atoms with Crippen molar-refractivity contribution in [2.75, 3.05) is 30.1 Å². The number of rotatable bonds is 5. The number of likely N-dealkylation sites (tertiary alicyclic amines) is 1. The lowest BCUT2D eigenvalue weighted by atomic mass is 10.2. The Bertz CT molecular complexity index is 793. The first-order chi connectivity index (χ1) is 13.9. The third kappa shape index (κ3) is 6.04. The first-order valence-corrected chi connectivity index (χ1v) is 14.2. The number of carbonyl (C=O) groups excluding carboxylic acids is 1. The number of ether oxygens (including phenoxy) is 2. The topological polar surface area (TPSA) is 64.5 Å². The van der Waals surface area contributed by atoms with E-state index in [9.17, 15) is 4.79 Å². The smallest absolute Gasteiger partial charge is 0.410 e. The summed E-state index contributed by atoms with van der Waals surface area (Å²) >= 11 is 0. The average molecular weight is 438 g/mol. The predicted molar refractivity (Wildman–Crippen MR) is 127 cm³/mol. The molecule has 1 fully saturated rings. The van der Waals surface area contributed by atoms with Gasteiger partial charge in [0.15, 0.2) is 0 Å². The fraction of sp³-hybridized carbons (Fsp3) is 0.696. The van der Waals surface area contributed by atoms with Crippen LogP contribution in [0.25, 0.3) is 0 Å². The van der Waals surface area contributed by atoms with Gasteiger partial charge in [-0.15, -0.1) is 0 Å².